The Hall–Kier alpha value is -4.51. The van der Waals surface area contributed by atoms with Crippen LogP contribution in [0.3, 0.4) is 0 Å². The van der Waals surface area contributed by atoms with Gasteiger partial charge in [-0.15, -0.1) is 22.5 Å². The number of rotatable bonds is 13. The number of carbonyl (C=O) groups is 1. The minimum atomic E-state index is -1.73. The molecule has 0 amide bonds. The van der Waals surface area contributed by atoms with Crippen LogP contribution in [0.25, 0.3) is 10.2 Å². The van der Waals surface area contributed by atoms with Crippen molar-refractivity contribution in [1.82, 2.24) is 20.1 Å². The van der Waals surface area contributed by atoms with Crippen LogP contribution in [0.4, 0.5) is 26.0 Å². The Labute approximate surface area is 315 Å². The summed E-state index contributed by atoms with van der Waals surface area (Å²) in [6, 6.07) is 13.4. The Morgan fingerprint density at radius 1 is 1.21 bits per heavy atom. The molecule has 1 atom stereocenters. The van der Waals surface area contributed by atoms with Gasteiger partial charge in [0.1, 0.15) is 0 Å². The smallest absolute Gasteiger partial charge is 0.355 e. The molecule has 3 aliphatic carbocycles. The van der Waals surface area contributed by atoms with E-state index < -0.39 is 16.2 Å². The van der Waals surface area contributed by atoms with E-state index in [0.717, 1.165) is 95.0 Å². The van der Waals surface area contributed by atoms with E-state index in [-0.39, 0.29) is 23.6 Å². The van der Waals surface area contributed by atoms with Gasteiger partial charge in [-0.1, -0.05) is 40.4 Å². The molecule has 2 aromatic carbocycles. The van der Waals surface area contributed by atoms with Gasteiger partial charge in [-0.25, -0.2) is 19.2 Å². The highest BCUT2D eigenvalue weighted by Gasteiger charge is 2.68. The van der Waals surface area contributed by atoms with E-state index in [0.29, 0.717) is 41.6 Å². The number of nitrogens with zero attached hydrogens (tertiary/aromatic N) is 6. The summed E-state index contributed by atoms with van der Waals surface area (Å²) in [6.07, 6.45) is 14.9. The Morgan fingerprint density at radius 3 is 2.81 bits per heavy atom. The van der Waals surface area contributed by atoms with Gasteiger partial charge >= 0.3 is 5.30 Å². The van der Waals surface area contributed by atoms with Gasteiger partial charge in [0.2, 0.25) is 0 Å². The van der Waals surface area contributed by atoms with Crippen molar-refractivity contribution in [3.63, 3.8) is 0 Å². The number of terminal acetylenes is 1. The molecule has 9 rings (SSSR count). The van der Waals surface area contributed by atoms with Crippen molar-refractivity contribution in [3.8, 4) is 18.1 Å². The number of halogens is 1. The number of thiazole rings is 1. The predicted octanol–water partition coefficient (Wildman–Crippen LogP) is 8.55. The minimum absolute atomic E-state index is 0.0924. The molecule has 2 aliphatic heterocycles. The topological polar surface area (TPSA) is 116 Å². The maximum atomic E-state index is 15.2. The average Bonchev–Trinajstić information content (AvgIpc) is 3.73. The van der Waals surface area contributed by atoms with E-state index in [9.17, 15) is 9.90 Å². The van der Waals surface area contributed by atoms with Crippen molar-refractivity contribution in [3.05, 3.63) is 76.1 Å². The lowest BCUT2D eigenvalue weighted by molar-refractivity contribution is -0.153. The summed E-state index contributed by atoms with van der Waals surface area (Å²) in [7, 11) is 0.438. The third-order valence-electron chi connectivity index (χ3n) is 11.1. The maximum absolute atomic E-state index is 15.2. The largest absolute Gasteiger partial charge is 0.491 e. The fourth-order valence-corrected chi connectivity index (χ4v) is 11.5. The van der Waals surface area contributed by atoms with Crippen molar-refractivity contribution < 1.29 is 19.0 Å². The SMILES string of the molecule is C#CCCCN(C)CC12CC(c3ccc(OCCCC4=CN=C(N5CCCc6c5nnc(Nc5nc7ccccc7s5)c6C)[SH]4C(=O)O)c(F)c3)(C1)C2. The molecule has 0 saturated heterocycles. The van der Waals surface area contributed by atoms with Gasteiger partial charge in [0.25, 0.3) is 0 Å². The lowest BCUT2D eigenvalue weighted by Crippen LogP contribution is -2.67. The van der Waals surface area contributed by atoms with Gasteiger partial charge in [0.05, 0.1) is 16.8 Å². The molecule has 0 radical (unpaired) electrons. The van der Waals surface area contributed by atoms with Gasteiger partial charge in [0, 0.05) is 41.7 Å². The molecule has 2 aromatic heterocycles. The van der Waals surface area contributed by atoms with Crippen LogP contribution in [0.2, 0.25) is 0 Å². The third kappa shape index (κ3) is 6.77. The third-order valence-corrected chi connectivity index (χ3v) is 14.1. The van der Waals surface area contributed by atoms with Crippen LogP contribution < -0.4 is 15.0 Å². The normalized spacial score (nSPS) is 23.5. The first-order chi connectivity index (χ1) is 25.7. The summed E-state index contributed by atoms with van der Waals surface area (Å²) >= 11 is 1.56. The van der Waals surface area contributed by atoms with Crippen LogP contribution in [0.5, 0.6) is 5.75 Å². The highest BCUT2D eigenvalue weighted by molar-refractivity contribution is 8.44. The van der Waals surface area contributed by atoms with Crippen LogP contribution in [-0.2, 0) is 11.8 Å². The van der Waals surface area contributed by atoms with Crippen LogP contribution in [0, 0.1) is 30.5 Å². The number of unbranched alkanes of at least 4 members (excludes halogenated alkanes) is 1. The monoisotopic (exact) mass is 753 g/mol. The van der Waals surface area contributed by atoms with E-state index in [1.807, 2.05) is 42.2 Å². The molecular weight excluding hydrogens is 710 g/mol. The van der Waals surface area contributed by atoms with Crippen molar-refractivity contribution in [2.75, 3.05) is 43.5 Å². The van der Waals surface area contributed by atoms with Crippen molar-refractivity contribution in [2.45, 2.75) is 70.1 Å². The molecule has 3 fully saturated rings. The van der Waals surface area contributed by atoms with Crippen LogP contribution in [0.1, 0.15) is 68.1 Å². The second-order valence-electron chi connectivity index (χ2n) is 15.0. The number of hydrogen-bond donors (Lipinski definition) is 3. The van der Waals surface area contributed by atoms with Crippen LogP contribution >= 0.6 is 22.2 Å². The number of carboxylic acid groups (broad SMARTS) is 1. The molecule has 2 N–H and O–H groups in total. The predicted molar refractivity (Wildman–Crippen MR) is 213 cm³/mol. The first-order valence-corrected chi connectivity index (χ1v) is 20.4. The van der Waals surface area contributed by atoms with Crippen molar-refractivity contribution in [1.29, 1.82) is 0 Å². The Morgan fingerprint density at radius 2 is 2.04 bits per heavy atom. The van der Waals surface area contributed by atoms with Crippen LogP contribution in [0.15, 0.2) is 58.6 Å². The van der Waals surface area contributed by atoms with Crippen molar-refractivity contribution >= 4 is 59.7 Å². The summed E-state index contributed by atoms with van der Waals surface area (Å²) in [5, 5.41) is 23.2. The van der Waals surface area contributed by atoms with E-state index >= 15 is 4.39 Å². The van der Waals surface area contributed by atoms with Gasteiger partial charge in [0.15, 0.2) is 33.5 Å². The first kappa shape index (κ1) is 35.5. The van der Waals surface area contributed by atoms with E-state index in [4.69, 9.17) is 11.2 Å². The Kier molecular flexibility index (Phi) is 9.64. The summed E-state index contributed by atoms with van der Waals surface area (Å²) in [5.41, 5.74) is 4.43. The number of ether oxygens (including phenoxy) is 1. The zero-order chi connectivity index (χ0) is 36.7. The van der Waals surface area contributed by atoms with Gasteiger partial charge in [-0.3, -0.25) is 0 Å². The van der Waals surface area contributed by atoms with Gasteiger partial charge < -0.3 is 25.0 Å². The summed E-state index contributed by atoms with van der Waals surface area (Å²) in [6.45, 7) is 4.98. The molecule has 2 bridgehead atoms. The molecule has 5 aliphatic rings. The Balaban J connectivity index is 0.852. The molecule has 3 saturated carbocycles. The number of aliphatic imine (C=N–C) groups is 1. The number of anilines is 3. The molecule has 53 heavy (non-hydrogen) atoms. The summed E-state index contributed by atoms with van der Waals surface area (Å²) in [5.74, 6) is 3.90. The fraction of sp³-hybridized carbons (Fsp3) is 0.425. The molecule has 13 heteroatoms. The van der Waals surface area contributed by atoms with Crippen molar-refractivity contribution in [2.24, 2.45) is 10.4 Å². The summed E-state index contributed by atoms with van der Waals surface area (Å²) < 4.78 is 22.2. The second-order valence-corrected chi connectivity index (χ2v) is 18.0. The minimum Gasteiger partial charge on any atom is -0.491 e. The standard InChI is InChI=1S/C40H44FN7O3S2/c1-4-5-8-17-47(3)25-39-22-40(23-39,24-39)27-15-16-32(30(41)20-27)51-19-10-11-28-21-42-37(53(28)38(49)50)48-18-9-12-29-26(2)34(45-46-35(29)48)44-36-43-31-13-6-7-14-33(31)52-36/h1,6-7,13-16,20-21,53H,5,8-12,17-19,22-25H2,2-3H3,(H,49,50)(H,43,44,45). The molecular formula is C40H44FN7O3S2. The van der Waals surface area contributed by atoms with Gasteiger partial charge in [-0.2, -0.15) is 0 Å². The maximum Gasteiger partial charge on any atom is 0.355 e. The van der Waals surface area contributed by atoms with E-state index in [2.05, 4.69) is 43.4 Å². The zero-order valence-corrected chi connectivity index (χ0v) is 31.8. The first-order valence-electron chi connectivity index (χ1n) is 18.3. The van der Waals surface area contributed by atoms with E-state index in [1.165, 1.54) is 0 Å². The summed E-state index contributed by atoms with van der Waals surface area (Å²) in [4.78, 5) is 27.1. The number of hydrogen-bond acceptors (Lipinski definition) is 10. The zero-order valence-electron chi connectivity index (χ0n) is 30.1. The number of benzene rings is 2. The molecule has 4 aromatic rings. The number of fused-ring (bicyclic) bond motifs is 2. The number of amidine groups is 1. The molecule has 10 nitrogen and oxygen atoms in total. The quantitative estimate of drug-likeness (QED) is 0.0702. The van der Waals surface area contributed by atoms with E-state index in [1.54, 1.807) is 29.7 Å². The van der Waals surface area contributed by atoms with Crippen LogP contribution in [-0.4, -0.2) is 68.9 Å². The lowest BCUT2D eigenvalue weighted by Gasteiger charge is -2.72. The number of nitrogens with one attached hydrogen (secondary N) is 1. The number of allylic oxidation sites excluding steroid dienone is 1. The van der Waals surface area contributed by atoms with Gasteiger partial charge in [-0.05, 0) is 113 Å². The molecule has 276 valence electrons. The highest BCUT2D eigenvalue weighted by atomic mass is 32.2. The number of aromatic nitrogens is 3. The Bertz CT molecular complexity index is 2130. The second kappa shape index (κ2) is 14.4. The molecule has 4 heterocycles. The number of para-hydroxylation sites is 1. The molecule has 1 unspecified atom stereocenters. The highest BCUT2D eigenvalue weighted by Crippen LogP contribution is 2.73. The fourth-order valence-electron chi connectivity index (χ4n) is 8.83. The lowest BCUT2D eigenvalue weighted by atomic mass is 9.33. The average molecular weight is 754 g/mol. The molecule has 0 spiro atoms. The number of thiol groups is 1.